The van der Waals surface area contributed by atoms with Crippen molar-refractivity contribution in [3.8, 4) is 22.8 Å². The van der Waals surface area contributed by atoms with Crippen LogP contribution in [0.1, 0.15) is 52.3 Å². The lowest BCUT2D eigenvalue weighted by molar-refractivity contribution is -0.111. The third-order valence-electron chi connectivity index (χ3n) is 5.88. The molecule has 0 unspecified atom stereocenters. The normalized spacial score (nSPS) is 9.98. The average molecular weight is 628 g/mol. The Morgan fingerprint density at radius 1 is 0.818 bits per heavy atom. The zero-order chi connectivity index (χ0) is 33.1. The summed E-state index contributed by atoms with van der Waals surface area (Å²) in [7, 11) is 7.46. The summed E-state index contributed by atoms with van der Waals surface area (Å²) in [5.41, 5.74) is 1.73. The lowest BCUT2D eigenvalue weighted by atomic mass is 10.3. The lowest BCUT2D eigenvalue weighted by Gasteiger charge is -2.13. The van der Waals surface area contributed by atoms with E-state index in [1.54, 1.807) is 43.5 Å². The molecule has 0 aromatic carbocycles. The number of hydrogen-bond acceptors (Lipinski definition) is 11. The Morgan fingerprint density at radius 2 is 1.36 bits per heavy atom. The molecule has 4 rings (SSSR count). The highest BCUT2D eigenvalue weighted by Crippen LogP contribution is 2.18. The first-order valence-electron chi connectivity index (χ1n) is 14.5. The maximum absolute atomic E-state index is 11.8. The number of rotatable bonds is 9. The van der Waals surface area contributed by atoms with E-state index >= 15 is 0 Å². The quantitative estimate of drug-likeness (QED) is 0.253. The first-order valence-corrected chi connectivity index (χ1v) is 14.9. The number of aromatic nitrogens is 8. The summed E-state index contributed by atoms with van der Waals surface area (Å²) < 4.78 is 1.34. The van der Waals surface area contributed by atoms with Crippen molar-refractivity contribution in [1.29, 1.82) is 0 Å². The zero-order valence-corrected chi connectivity index (χ0v) is 28.1. The number of carbonyl (C=O) groups is 2. The van der Waals surface area contributed by atoms with Gasteiger partial charge in [0.1, 0.15) is 0 Å². The number of nitrogens with zero attached hydrogens (tertiary/aromatic N) is 10. The Bertz CT molecular complexity index is 1350. The maximum Gasteiger partial charge on any atom is 0.249 e. The second-order valence-electron chi connectivity index (χ2n) is 9.48. The number of aromatic amines is 1. The Hall–Kier alpha value is -4.23. The van der Waals surface area contributed by atoms with E-state index in [4.69, 9.17) is 11.6 Å². The monoisotopic (exact) mass is 627 g/mol. The molecule has 0 spiro atoms. The molecule has 4 aromatic rings. The Kier molecular flexibility index (Phi) is 17.7. The van der Waals surface area contributed by atoms with Gasteiger partial charge < -0.3 is 14.7 Å². The van der Waals surface area contributed by atoms with Crippen LogP contribution >= 0.6 is 11.6 Å². The SMILES string of the molecule is CCC(=O)Cl.CCC(=O)n1nc(-c2cccnc2)nc1N(C)C.CCN(CC)CC.CN(C)c1n[nH]c(-c2cccnc2)n1. The molecule has 0 bridgehead atoms. The number of nitrogens with one attached hydrogen (secondary N) is 1. The van der Waals surface area contributed by atoms with Gasteiger partial charge in [0.15, 0.2) is 11.6 Å². The smallest absolute Gasteiger partial charge is 0.249 e. The highest BCUT2D eigenvalue weighted by atomic mass is 35.5. The predicted octanol–water partition coefficient (Wildman–Crippen LogP) is 4.90. The summed E-state index contributed by atoms with van der Waals surface area (Å²) in [5, 5.41) is 10.9. The fourth-order valence-electron chi connectivity index (χ4n) is 3.28. The standard InChI is InChI=1S/C12H15N5O.C9H11N5.C6H15N.C3H5ClO/c1-4-10(18)17-12(16(2)3)14-11(15-17)9-6-5-7-13-8-9;1-14(2)9-11-8(12-13-9)7-4-3-5-10-6-7;1-4-7(5-2)6-3;1-2-3(4)5/h5-8H,4H2,1-3H3;3-6H,1-2H3,(H,11,12,13);4-6H2,1-3H3;2H2,1H3. The Labute approximate surface area is 265 Å². The molecule has 0 aliphatic carbocycles. The molecule has 0 aliphatic heterocycles. The number of hydrogen-bond donors (Lipinski definition) is 1. The van der Waals surface area contributed by atoms with Crippen molar-refractivity contribution in [3.05, 3.63) is 49.1 Å². The third kappa shape index (κ3) is 13.0. The van der Waals surface area contributed by atoms with Gasteiger partial charge in [-0.2, -0.15) is 14.6 Å². The predicted molar refractivity (Wildman–Crippen MR) is 177 cm³/mol. The number of anilines is 2. The number of H-pyrrole nitrogens is 1. The molecule has 1 N–H and O–H groups in total. The molecule has 0 fully saturated rings. The fraction of sp³-hybridized carbons (Fsp3) is 0.467. The van der Waals surface area contributed by atoms with Crippen molar-refractivity contribution in [2.45, 2.75) is 47.5 Å². The van der Waals surface area contributed by atoms with Crippen LogP contribution in [-0.4, -0.2) is 104 Å². The average Bonchev–Trinajstić information content (AvgIpc) is 3.73. The van der Waals surface area contributed by atoms with Gasteiger partial charge in [-0.15, -0.1) is 10.2 Å². The third-order valence-corrected chi connectivity index (χ3v) is 6.14. The van der Waals surface area contributed by atoms with Crippen LogP contribution in [0.4, 0.5) is 11.9 Å². The van der Waals surface area contributed by atoms with Gasteiger partial charge in [-0.05, 0) is 55.5 Å². The van der Waals surface area contributed by atoms with E-state index in [2.05, 4.69) is 60.9 Å². The minimum absolute atomic E-state index is 0.0821. The molecule has 13 nitrogen and oxygen atoms in total. The maximum atomic E-state index is 11.8. The molecular weight excluding hydrogens is 582 g/mol. The first-order chi connectivity index (χ1) is 21.0. The second kappa shape index (κ2) is 20.6. The lowest BCUT2D eigenvalue weighted by Crippen LogP contribution is -2.21. The molecular formula is C30H46ClN11O2. The summed E-state index contributed by atoms with van der Waals surface area (Å²) in [5.74, 6) is 2.36. The molecule has 240 valence electrons. The largest absolute Gasteiger partial charge is 0.347 e. The topological polar surface area (TPSA) is 142 Å². The van der Waals surface area contributed by atoms with Crippen molar-refractivity contribution in [1.82, 2.24) is 44.8 Å². The molecule has 0 aliphatic rings. The van der Waals surface area contributed by atoms with Gasteiger partial charge in [0.25, 0.3) is 0 Å². The minimum atomic E-state index is -0.273. The van der Waals surface area contributed by atoms with Crippen molar-refractivity contribution in [3.63, 3.8) is 0 Å². The minimum Gasteiger partial charge on any atom is -0.347 e. The van der Waals surface area contributed by atoms with E-state index in [-0.39, 0.29) is 11.1 Å². The Morgan fingerprint density at radius 3 is 1.73 bits per heavy atom. The summed E-state index contributed by atoms with van der Waals surface area (Å²) >= 11 is 4.82. The fourth-order valence-corrected chi connectivity index (χ4v) is 3.28. The summed E-state index contributed by atoms with van der Waals surface area (Å²) in [4.78, 5) is 44.1. The van der Waals surface area contributed by atoms with Crippen molar-refractivity contribution in [2.24, 2.45) is 0 Å². The van der Waals surface area contributed by atoms with E-state index in [0.717, 1.165) is 17.0 Å². The van der Waals surface area contributed by atoms with E-state index in [0.29, 0.717) is 30.6 Å². The molecule has 0 radical (unpaired) electrons. The van der Waals surface area contributed by atoms with Crippen LogP contribution in [0.2, 0.25) is 0 Å². The van der Waals surface area contributed by atoms with E-state index in [9.17, 15) is 9.59 Å². The molecule has 44 heavy (non-hydrogen) atoms. The van der Waals surface area contributed by atoms with Crippen molar-refractivity contribution >= 4 is 34.6 Å². The molecule has 0 amide bonds. The number of pyridine rings is 2. The van der Waals surface area contributed by atoms with Gasteiger partial charge in [0.2, 0.25) is 23.0 Å². The summed E-state index contributed by atoms with van der Waals surface area (Å²) in [6.07, 6.45) is 7.66. The van der Waals surface area contributed by atoms with Gasteiger partial charge in [0, 0.05) is 76.9 Å². The molecule has 0 saturated heterocycles. The Balaban J connectivity index is 0.000000329. The van der Waals surface area contributed by atoms with Crippen LogP contribution in [0.5, 0.6) is 0 Å². The summed E-state index contributed by atoms with van der Waals surface area (Å²) in [6.45, 7) is 13.6. The first kappa shape index (κ1) is 37.8. The van der Waals surface area contributed by atoms with E-state index in [1.807, 2.05) is 57.4 Å². The van der Waals surface area contributed by atoms with Crippen LogP contribution < -0.4 is 9.80 Å². The highest BCUT2D eigenvalue weighted by Gasteiger charge is 2.17. The van der Waals surface area contributed by atoms with Gasteiger partial charge in [-0.25, -0.2) is 0 Å². The van der Waals surface area contributed by atoms with Crippen LogP contribution in [0, 0.1) is 0 Å². The zero-order valence-electron chi connectivity index (χ0n) is 27.3. The molecule has 0 saturated carbocycles. The highest BCUT2D eigenvalue weighted by molar-refractivity contribution is 6.63. The molecule has 0 atom stereocenters. The number of halogens is 1. The van der Waals surface area contributed by atoms with Gasteiger partial charge in [0.05, 0.1) is 0 Å². The summed E-state index contributed by atoms with van der Waals surface area (Å²) in [6, 6.07) is 7.48. The second-order valence-corrected chi connectivity index (χ2v) is 9.90. The van der Waals surface area contributed by atoms with Crippen molar-refractivity contribution in [2.75, 3.05) is 57.6 Å². The van der Waals surface area contributed by atoms with Crippen LogP contribution in [-0.2, 0) is 4.79 Å². The van der Waals surface area contributed by atoms with E-state index < -0.39 is 0 Å². The van der Waals surface area contributed by atoms with Gasteiger partial charge >= 0.3 is 0 Å². The van der Waals surface area contributed by atoms with Crippen molar-refractivity contribution < 1.29 is 9.59 Å². The van der Waals surface area contributed by atoms with Crippen LogP contribution in [0.15, 0.2) is 49.1 Å². The number of carbonyl (C=O) groups excluding carboxylic acids is 2. The molecule has 4 heterocycles. The van der Waals surface area contributed by atoms with Crippen LogP contribution in [0.3, 0.4) is 0 Å². The van der Waals surface area contributed by atoms with Crippen LogP contribution in [0.25, 0.3) is 22.8 Å². The van der Waals surface area contributed by atoms with Gasteiger partial charge in [-0.3, -0.25) is 24.7 Å². The van der Waals surface area contributed by atoms with E-state index in [1.165, 1.54) is 24.3 Å². The van der Waals surface area contributed by atoms with Gasteiger partial charge in [-0.1, -0.05) is 34.6 Å². The molecule has 14 heteroatoms. The molecule has 4 aromatic heterocycles.